The number of hydrogen-bond acceptors (Lipinski definition) is 15. The lowest BCUT2D eigenvalue weighted by Crippen LogP contribution is -2.60. The van der Waals surface area contributed by atoms with Gasteiger partial charge in [-0.3, -0.25) is 4.79 Å². The maximum Gasteiger partial charge on any atom is 0.308 e. The van der Waals surface area contributed by atoms with Gasteiger partial charge in [0.05, 0.1) is 39.0 Å². The molecule has 0 aromatic heterocycles. The van der Waals surface area contributed by atoms with Crippen molar-refractivity contribution in [2.45, 2.75) is 203 Å². The van der Waals surface area contributed by atoms with Crippen molar-refractivity contribution in [1.82, 2.24) is 0 Å². The van der Waals surface area contributed by atoms with E-state index < -0.39 is 86.7 Å². The number of ketones is 1. The van der Waals surface area contributed by atoms with E-state index in [9.17, 15) is 45.3 Å². The average molecular weight is 767 g/mol. The Labute approximate surface area is 315 Å². The minimum atomic E-state index is -1.55. The average Bonchev–Trinajstić information content (AvgIpc) is 3.14. The summed E-state index contributed by atoms with van der Waals surface area (Å²) in [4.78, 5) is 23.3. The van der Waals surface area contributed by atoms with Gasteiger partial charge >= 0.3 is 5.97 Å². The first-order valence-corrected chi connectivity index (χ1v) is 19.8. The van der Waals surface area contributed by atoms with E-state index in [1.54, 1.807) is 6.92 Å². The highest BCUT2D eigenvalue weighted by atomic mass is 16.7. The number of carbonyl (C=O) groups is 2. The van der Waals surface area contributed by atoms with Gasteiger partial charge in [-0.1, -0.05) is 83.5 Å². The largest absolute Gasteiger partial charge is 0.469 e. The molecule has 2 aliphatic rings. The van der Waals surface area contributed by atoms with Crippen LogP contribution in [0.15, 0.2) is 0 Å². The molecular formula is C38H70O15. The van der Waals surface area contributed by atoms with Crippen LogP contribution in [0.1, 0.15) is 129 Å². The highest BCUT2D eigenvalue weighted by molar-refractivity contribution is 5.75. The number of esters is 1. The Morgan fingerprint density at radius 1 is 0.566 bits per heavy atom. The first-order valence-electron chi connectivity index (χ1n) is 19.8. The van der Waals surface area contributed by atoms with Gasteiger partial charge in [0, 0.05) is 13.5 Å². The lowest BCUT2D eigenvalue weighted by atomic mass is 9.98. The van der Waals surface area contributed by atoms with Crippen LogP contribution in [-0.4, -0.2) is 149 Å². The molecule has 2 heterocycles. The van der Waals surface area contributed by atoms with E-state index in [4.69, 9.17) is 28.4 Å². The topological polar surface area (TPSA) is 231 Å². The smallest absolute Gasteiger partial charge is 0.308 e. The molecule has 53 heavy (non-hydrogen) atoms. The molecule has 12 atom stereocenters. The minimum absolute atomic E-state index is 0.0508. The van der Waals surface area contributed by atoms with Gasteiger partial charge in [-0.2, -0.15) is 0 Å². The number of rotatable bonds is 29. The fourth-order valence-electron chi connectivity index (χ4n) is 7.00. The molecule has 7 N–H and O–H groups in total. The summed E-state index contributed by atoms with van der Waals surface area (Å²) in [5, 5.41) is 70.2. The zero-order valence-electron chi connectivity index (χ0n) is 32.2. The summed E-state index contributed by atoms with van der Waals surface area (Å²) in [6.45, 7) is 0.589. The third kappa shape index (κ3) is 17.6. The van der Waals surface area contributed by atoms with Crippen LogP contribution in [0, 0.1) is 0 Å². The highest BCUT2D eigenvalue weighted by Gasteiger charge is 2.46. The predicted octanol–water partition coefficient (Wildman–Crippen LogP) is 2.18. The van der Waals surface area contributed by atoms with Crippen molar-refractivity contribution >= 4 is 11.8 Å². The molecule has 2 rings (SSSR count). The normalized spacial score (nSPS) is 30.2. The fourth-order valence-corrected chi connectivity index (χ4v) is 7.00. The van der Waals surface area contributed by atoms with Gasteiger partial charge in [-0.25, -0.2) is 0 Å². The molecule has 2 aliphatic heterocycles. The molecule has 312 valence electrons. The van der Waals surface area contributed by atoms with Crippen LogP contribution in [0.25, 0.3) is 0 Å². The third-order valence-corrected chi connectivity index (χ3v) is 10.3. The third-order valence-electron chi connectivity index (χ3n) is 10.3. The molecule has 0 bridgehead atoms. The number of hydrogen-bond donors (Lipinski definition) is 7. The van der Waals surface area contributed by atoms with E-state index in [1.165, 1.54) is 14.2 Å². The maximum atomic E-state index is 12.0. The quantitative estimate of drug-likeness (QED) is 0.0427. The molecule has 2 unspecified atom stereocenters. The number of ether oxygens (including phenoxy) is 6. The molecule has 2 saturated heterocycles. The van der Waals surface area contributed by atoms with Crippen LogP contribution in [-0.2, 0) is 38.0 Å². The van der Waals surface area contributed by atoms with Crippen LogP contribution >= 0.6 is 0 Å². The number of methoxy groups -OCH3 is 2. The van der Waals surface area contributed by atoms with Crippen LogP contribution in [0.4, 0.5) is 0 Å². The molecule has 0 radical (unpaired) electrons. The highest BCUT2D eigenvalue weighted by Crippen LogP contribution is 2.28. The van der Waals surface area contributed by atoms with Gasteiger partial charge in [0.2, 0.25) is 0 Å². The minimum Gasteiger partial charge on any atom is -0.469 e. The van der Waals surface area contributed by atoms with E-state index in [0.717, 1.165) is 103 Å². The standard InChI is InChI=1S/C38H70O15/c1-25(41)18-14-13-17-20-26(50-38-36(49-3)34(46)32(44)29(24-40)53-38)19-15-11-9-7-5-4-6-8-10-12-16-21-27(22-30(42)48-2)51-37-35(47)33(45)31(43)28(23-39)52-37/h26-29,31-40,43-47H,4-24H2,1-3H3/t26?,27?,28-,29-,31-,32-,33+,34+,35-,36-,37-,38-/m1/s1. The van der Waals surface area contributed by atoms with Crippen molar-refractivity contribution in [1.29, 1.82) is 0 Å². The number of aliphatic hydroxyl groups excluding tert-OH is 7. The van der Waals surface area contributed by atoms with Gasteiger partial charge in [-0.15, -0.1) is 0 Å². The second-order valence-corrected chi connectivity index (χ2v) is 14.7. The summed E-state index contributed by atoms with van der Waals surface area (Å²) in [7, 11) is 2.71. The van der Waals surface area contributed by atoms with Gasteiger partial charge in [0.1, 0.15) is 54.6 Å². The molecule has 0 aromatic carbocycles. The molecule has 15 heteroatoms. The molecule has 0 spiro atoms. The van der Waals surface area contributed by atoms with Crippen LogP contribution < -0.4 is 0 Å². The molecule has 0 amide bonds. The summed E-state index contributed by atoms with van der Waals surface area (Å²) in [6, 6.07) is 0. The van der Waals surface area contributed by atoms with Gasteiger partial charge < -0.3 is 69.0 Å². The van der Waals surface area contributed by atoms with Crippen molar-refractivity contribution in [2.75, 3.05) is 27.4 Å². The Balaban J connectivity index is 1.65. The number of carbonyl (C=O) groups excluding carboxylic acids is 2. The predicted molar refractivity (Wildman–Crippen MR) is 192 cm³/mol. The molecule has 0 aromatic rings. The van der Waals surface area contributed by atoms with Gasteiger partial charge in [0.15, 0.2) is 12.6 Å². The van der Waals surface area contributed by atoms with Gasteiger partial charge in [-0.05, 0) is 32.6 Å². The summed E-state index contributed by atoms with van der Waals surface area (Å²) in [5.41, 5.74) is 0. The lowest BCUT2D eigenvalue weighted by molar-refractivity contribution is -0.316. The Morgan fingerprint density at radius 3 is 1.47 bits per heavy atom. The van der Waals surface area contributed by atoms with Crippen molar-refractivity contribution in [3.05, 3.63) is 0 Å². The molecule has 2 fully saturated rings. The second kappa shape index (κ2) is 27.3. The first kappa shape index (κ1) is 47.8. The van der Waals surface area contributed by atoms with Gasteiger partial charge in [0.25, 0.3) is 0 Å². The SMILES string of the molecule is COC(=O)CC(CCCCCCCCCCCCCC(CCCCCC(C)=O)O[C@@H]1O[C@H](CO)[C@@H](O)[C@H](O)[C@H]1OC)O[C@@H]1O[C@H](CO)[C@@H](O)[C@H](O)[C@H]1O. The summed E-state index contributed by atoms with van der Waals surface area (Å²) in [6.07, 6.45) is 3.81. The van der Waals surface area contributed by atoms with Crippen molar-refractivity contribution in [2.24, 2.45) is 0 Å². The first-order chi connectivity index (χ1) is 25.5. The monoisotopic (exact) mass is 766 g/mol. The van der Waals surface area contributed by atoms with E-state index >= 15 is 0 Å². The fraction of sp³-hybridized carbons (Fsp3) is 0.947. The number of unbranched alkanes of at least 4 members (excludes halogenated alkanes) is 12. The summed E-state index contributed by atoms with van der Waals surface area (Å²) in [5.74, 6) is -0.291. The van der Waals surface area contributed by atoms with E-state index in [-0.39, 0.29) is 18.3 Å². The van der Waals surface area contributed by atoms with E-state index in [2.05, 4.69) is 0 Å². The lowest BCUT2D eigenvalue weighted by Gasteiger charge is -2.42. The van der Waals surface area contributed by atoms with Crippen LogP contribution in [0.3, 0.4) is 0 Å². The van der Waals surface area contributed by atoms with Crippen molar-refractivity contribution < 1.29 is 73.8 Å². The van der Waals surface area contributed by atoms with Crippen LogP contribution in [0.2, 0.25) is 0 Å². The second-order valence-electron chi connectivity index (χ2n) is 14.7. The summed E-state index contributed by atoms with van der Waals surface area (Å²) >= 11 is 0. The molecule has 15 nitrogen and oxygen atoms in total. The van der Waals surface area contributed by atoms with E-state index in [1.807, 2.05) is 0 Å². The van der Waals surface area contributed by atoms with E-state index in [0.29, 0.717) is 12.8 Å². The number of Topliss-reactive ketones (excluding diaryl/α,β-unsaturated/α-hetero) is 1. The Hall–Kier alpha value is -1.34. The summed E-state index contributed by atoms with van der Waals surface area (Å²) < 4.78 is 33.5. The Bertz CT molecular complexity index is 970. The van der Waals surface area contributed by atoms with Crippen molar-refractivity contribution in [3.8, 4) is 0 Å². The zero-order valence-corrected chi connectivity index (χ0v) is 32.2. The molecule has 0 aliphatic carbocycles. The van der Waals surface area contributed by atoms with Crippen molar-refractivity contribution in [3.63, 3.8) is 0 Å². The zero-order chi connectivity index (χ0) is 39.2. The Kier molecular flexibility index (Phi) is 24.6. The number of aliphatic hydroxyl groups is 7. The van der Waals surface area contributed by atoms with Crippen LogP contribution in [0.5, 0.6) is 0 Å². The molecular weight excluding hydrogens is 696 g/mol. The maximum absolute atomic E-state index is 12.0. The Morgan fingerprint density at radius 2 is 1.00 bits per heavy atom. The molecule has 0 saturated carbocycles.